The molecule has 0 N–H and O–H groups in total. The normalized spacial score (nSPS) is 20.1. The second kappa shape index (κ2) is 4.18. The molecule has 2 aliphatic rings. The van der Waals surface area contributed by atoms with Gasteiger partial charge in [-0.25, -0.2) is 0 Å². The number of aryl methyl sites for hydroxylation is 1. The third kappa shape index (κ3) is 1.91. The van der Waals surface area contributed by atoms with Gasteiger partial charge < -0.3 is 9.42 Å². The van der Waals surface area contributed by atoms with E-state index in [4.69, 9.17) is 4.52 Å². The van der Waals surface area contributed by atoms with Crippen molar-refractivity contribution in [2.45, 2.75) is 25.8 Å². The van der Waals surface area contributed by atoms with Crippen LogP contribution in [0.15, 0.2) is 10.6 Å². The zero-order valence-corrected chi connectivity index (χ0v) is 10.5. The van der Waals surface area contributed by atoms with Gasteiger partial charge in [-0.1, -0.05) is 5.16 Å². The Balaban J connectivity index is 1.62. The molecule has 1 aromatic rings. The van der Waals surface area contributed by atoms with Crippen LogP contribution in [0.2, 0.25) is 0 Å². The van der Waals surface area contributed by atoms with E-state index < -0.39 is 0 Å². The summed E-state index contributed by atoms with van der Waals surface area (Å²) in [6.07, 6.45) is 0.567. The highest BCUT2D eigenvalue weighted by molar-refractivity contribution is 6.02. The lowest BCUT2D eigenvalue weighted by Crippen LogP contribution is -2.62. The third-order valence-electron chi connectivity index (χ3n) is 3.45. The number of carbonyl (C=O) groups excluding carboxylic acids is 3. The molecule has 0 radical (unpaired) electrons. The molecule has 0 saturated carbocycles. The van der Waals surface area contributed by atoms with E-state index in [-0.39, 0.29) is 42.3 Å². The summed E-state index contributed by atoms with van der Waals surface area (Å²) in [6.45, 7) is 2.47. The minimum absolute atomic E-state index is 0.139. The first kappa shape index (κ1) is 11.9. The van der Waals surface area contributed by atoms with E-state index >= 15 is 0 Å². The summed E-state index contributed by atoms with van der Waals surface area (Å²) in [6, 6.07) is 1.39. The average molecular weight is 263 g/mol. The van der Waals surface area contributed by atoms with Crippen LogP contribution in [-0.4, -0.2) is 51.8 Å². The van der Waals surface area contributed by atoms with Crippen molar-refractivity contribution in [1.29, 1.82) is 0 Å². The fraction of sp³-hybridized carbons (Fsp3) is 0.500. The number of aromatic nitrogens is 1. The Hall–Kier alpha value is -2.18. The van der Waals surface area contributed by atoms with Crippen molar-refractivity contribution >= 4 is 17.7 Å². The molecular weight excluding hydrogens is 250 g/mol. The summed E-state index contributed by atoms with van der Waals surface area (Å²) in [5.74, 6) is 0.0660. The van der Waals surface area contributed by atoms with Gasteiger partial charge in [0.15, 0.2) is 5.69 Å². The zero-order chi connectivity index (χ0) is 13.6. The SMILES string of the molecule is Cc1cc(C(=O)N2CC(N3C(=O)CCC3=O)C2)no1. The van der Waals surface area contributed by atoms with Crippen LogP contribution in [0, 0.1) is 6.92 Å². The average Bonchev–Trinajstić information content (AvgIpc) is 2.87. The highest BCUT2D eigenvalue weighted by Gasteiger charge is 2.43. The van der Waals surface area contributed by atoms with Gasteiger partial charge in [-0.15, -0.1) is 0 Å². The number of hydrogen-bond donors (Lipinski definition) is 0. The molecule has 0 atom stereocenters. The maximum Gasteiger partial charge on any atom is 0.276 e. The minimum Gasteiger partial charge on any atom is -0.361 e. The molecule has 0 aliphatic carbocycles. The van der Waals surface area contributed by atoms with E-state index in [1.165, 1.54) is 4.90 Å². The van der Waals surface area contributed by atoms with Crippen LogP contribution in [0.1, 0.15) is 29.1 Å². The number of amides is 3. The molecule has 3 amide bonds. The predicted molar refractivity (Wildman–Crippen MR) is 62.0 cm³/mol. The lowest BCUT2D eigenvalue weighted by molar-refractivity contribution is -0.144. The fourth-order valence-electron chi connectivity index (χ4n) is 2.41. The van der Waals surface area contributed by atoms with Gasteiger partial charge >= 0.3 is 0 Å². The van der Waals surface area contributed by atoms with Gasteiger partial charge in [0.05, 0.1) is 6.04 Å². The molecule has 0 aromatic carbocycles. The highest BCUT2D eigenvalue weighted by atomic mass is 16.5. The lowest BCUT2D eigenvalue weighted by Gasteiger charge is -2.42. The molecule has 2 aliphatic heterocycles. The van der Waals surface area contributed by atoms with E-state index in [1.807, 2.05) is 0 Å². The van der Waals surface area contributed by atoms with Crippen molar-refractivity contribution in [2.24, 2.45) is 0 Å². The molecule has 100 valence electrons. The van der Waals surface area contributed by atoms with Crippen LogP contribution in [0.25, 0.3) is 0 Å². The Kier molecular flexibility index (Phi) is 2.62. The first-order chi connectivity index (χ1) is 9.06. The fourth-order valence-corrected chi connectivity index (χ4v) is 2.41. The van der Waals surface area contributed by atoms with Gasteiger partial charge in [0.1, 0.15) is 5.76 Å². The van der Waals surface area contributed by atoms with Crippen LogP contribution in [0.3, 0.4) is 0 Å². The number of likely N-dealkylation sites (tertiary alicyclic amines) is 2. The first-order valence-corrected chi connectivity index (χ1v) is 6.14. The van der Waals surface area contributed by atoms with Crippen molar-refractivity contribution in [3.63, 3.8) is 0 Å². The van der Waals surface area contributed by atoms with Gasteiger partial charge in [0, 0.05) is 32.0 Å². The number of carbonyl (C=O) groups is 3. The van der Waals surface area contributed by atoms with Gasteiger partial charge in [0.2, 0.25) is 11.8 Å². The molecular formula is C12H13N3O4. The molecule has 0 unspecified atom stereocenters. The topological polar surface area (TPSA) is 83.7 Å². The predicted octanol–water partition coefficient (Wildman–Crippen LogP) is -0.0436. The molecule has 7 nitrogen and oxygen atoms in total. The first-order valence-electron chi connectivity index (χ1n) is 6.14. The monoisotopic (exact) mass is 263 g/mol. The second-order valence-electron chi connectivity index (χ2n) is 4.84. The van der Waals surface area contributed by atoms with Gasteiger partial charge in [-0.3, -0.25) is 19.3 Å². The van der Waals surface area contributed by atoms with Crippen molar-refractivity contribution in [3.05, 3.63) is 17.5 Å². The van der Waals surface area contributed by atoms with Crippen molar-refractivity contribution < 1.29 is 18.9 Å². The molecule has 2 saturated heterocycles. The standard InChI is InChI=1S/C12H13N3O4/c1-7-4-9(13-19-7)12(18)14-5-8(6-14)15-10(16)2-3-11(15)17/h4,8H,2-3,5-6H2,1H3. The quantitative estimate of drug-likeness (QED) is 0.699. The van der Waals surface area contributed by atoms with Gasteiger partial charge in [0.25, 0.3) is 5.91 Å². The van der Waals surface area contributed by atoms with Crippen molar-refractivity contribution in [3.8, 4) is 0 Å². The molecule has 3 rings (SSSR count). The number of hydrogen-bond acceptors (Lipinski definition) is 5. The van der Waals surface area contributed by atoms with E-state index in [0.717, 1.165) is 0 Å². The van der Waals surface area contributed by atoms with Gasteiger partial charge in [-0.05, 0) is 6.92 Å². The van der Waals surface area contributed by atoms with Gasteiger partial charge in [-0.2, -0.15) is 0 Å². The number of imide groups is 1. The Morgan fingerprint density at radius 1 is 1.32 bits per heavy atom. The summed E-state index contributed by atoms with van der Waals surface area (Å²) in [5.41, 5.74) is 0.259. The molecule has 3 heterocycles. The molecule has 1 aromatic heterocycles. The maximum absolute atomic E-state index is 12.0. The van der Waals surface area contributed by atoms with E-state index in [0.29, 0.717) is 18.8 Å². The summed E-state index contributed by atoms with van der Waals surface area (Å²) >= 11 is 0. The van der Waals surface area contributed by atoms with E-state index in [2.05, 4.69) is 5.16 Å². The highest BCUT2D eigenvalue weighted by Crippen LogP contribution is 2.23. The summed E-state index contributed by atoms with van der Waals surface area (Å²) in [5, 5.41) is 3.66. The number of nitrogens with zero attached hydrogens (tertiary/aromatic N) is 3. The van der Waals surface area contributed by atoms with Crippen LogP contribution in [-0.2, 0) is 9.59 Å². The van der Waals surface area contributed by atoms with Crippen LogP contribution >= 0.6 is 0 Å². The zero-order valence-electron chi connectivity index (χ0n) is 10.5. The van der Waals surface area contributed by atoms with E-state index in [1.54, 1.807) is 17.9 Å². The Bertz CT molecular complexity index is 543. The lowest BCUT2D eigenvalue weighted by atomic mass is 10.1. The summed E-state index contributed by atoms with van der Waals surface area (Å²) in [7, 11) is 0. The summed E-state index contributed by atoms with van der Waals surface area (Å²) in [4.78, 5) is 37.9. The molecule has 7 heteroatoms. The molecule has 0 bridgehead atoms. The second-order valence-corrected chi connectivity index (χ2v) is 4.84. The Morgan fingerprint density at radius 3 is 2.47 bits per heavy atom. The number of rotatable bonds is 2. The van der Waals surface area contributed by atoms with Crippen LogP contribution in [0.5, 0.6) is 0 Å². The summed E-state index contributed by atoms with van der Waals surface area (Å²) < 4.78 is 4.85. The Labute approximate surface area is 109 Å². The Morgan fingerprint density at radius 2 is 1.95 bits per heavy atom. The largest absolute Gasteiger partial charge is 0.361 e. The van der Waals surface area contributed by atoms with Crippen LogP contribution in [0.4, 0.5) is 0 Å². The smallest absolute Gasteiger partial charge is 0.276 e. The third-order valence-corrected chi connectivity index (χ3v) is 3.45. The van der Waals surface area contributed by atoms with Crippen LogP contribution < -0.4 is 0 Å². The molecule has 2 fully saturated rings. The van der Waals surface area contributed by atoms with Crippen molar-refractivity contribution in [1.82, 2.24) is 15.0 Å². The molecule has 19 heavy (non-hydrogen) atoms. The van der Waals surface area contributed by atoms with E-state index in [9.17, 15) is 14.4 Å². The molecule has 0 spiro atoms. The van der Waals surface area contributed by atoms with Crippen molar-refractivity contribution in [2.75, 3.05) is 13.1 Å². The maximum atomic E-state index is 12.0. The minimum atomic E-state index is -0.229.